The van der Waals surface area contributed by atoms with E-state index in [-0.39, 0.29) is 30.1 Å². The van der Waals surface area contributed by atoms with Gasteiger partial charge in [0.2, 0.25) is 0 Å². The van der Waals surface area contributed by atoms with Crippen molar-refractivity contribution in [2.45, 2.75) is 58.1 Å². The van der Waals surface area contributed by atoms with Crippen molar-refractivity contribution in [3.05, 3.63) is 73.3 Å². The van der Waals surface area contributed by atoms with Crippen LogP contribution < -0.4 is 10.4 Å². The van der Waals surface area contributed by atoms with E-state index in [1.54, 1.807) is 6.08 Å². The lowest BCUT2D eigenvalue weighted by Crippen LogP contribution is -2.67. The molecule has 0 amide bonds. The topological polar surface area (TPSA) is 54.0 Å². The molecule has 0 aliphatic rings. The van der Waals surface area contributed by atoms with E-state index in [0.29, 0.717) is 13.2 Å². The zero-order valence-corrected chi connectivity index (χ0v) is 23.0. The standard InChI is InChI=1S/C29H42O5Si/c1-7-9-20-32-23-33-27(24(8-2)21-28(30)31-6)22-34-35(29(3,4)5,25-16-12-10-13-17-25)26-18-14-11-15-19-26/h8,10-19,24,27H,2,7,9,20-23H2,1,3-6H3/t24-,27+/m0/s1. The third-order valence-electron chi connectivity index (χ3n) is 6.30. The third-order valence-corrected chi connectivity index (χ3v) is 11.3. The summed E-state index contributed by atoms with van der Waals surface area (Å²) >= 11 is 0. The van der Waals surface area contributed by atoms with Gasteiger partial charge in [-0.3, -0.25) is 4.79 Å². The van der Waals surface area contributed by atoms with E-state index in [4.69, 9.17) is 18.6 Å². The lowest BCUT2D eigenvalue weighted by atomic mass is 9.99. The maximum absolute atomic E-state index is 12.1. The fraction of sp³-hybridized carbons (Fsp3) is 0.483. The molecule has 0 fully saturated rings. The van der Waals surface area contributed by atoms with Crippen molar-refractivity contribution in [3.8, 4) is 0 Å². The highest BCUT2D eigenvalue weighted by molar-refractivity contribution is 6.99. The van der Waals surface area contributed by atoms with Gasteiger partial charge in [0.05, 0.1) is 26.2 Å². The summed E-state index contributed by atoms with van der Waals surface area (Å²) in [6, 6.07) is 21.0. The number of benzene rings is 2. The molecular weight excluding hydrogens is 456 g/mol. The molecule has 6 heteroatoms. The van der Waals surface area contributed by atoms with Gasteiger partial charge in [0.25, 0.3) is 8.32 Å². The van der Waals surface area contributed by atoms with Gasteiger partial charge in [-0.15, -0.1) is 6.58 Å². The van der Waals surface area contributed by atoms with E-state index in [1.807, 2.05) is 12.1 Å². The molecule has 5 nitrogen and oxygen atoms in total. The number of carbonyl (C=O) groups excluding carboxylic acids is 1. The summed E-state index contributed by atoms with van der Waals surface area (Å²) in [7, 11) is -1.36. The van der Waals surface area contributed by atoms with E-state index >= 15 is 0 Å². The molecule has 0 aliphatic carbocycles. The molecule has 0 heterocycles. The first kappa shape index (κ1) is 29.0. The molecule has 2 aromatic carbocycles. The molecule has 0 N–H and O–H groups in total. The summed E-state index contributed by atoms with van der Waals surface area (Å²) in [4.78, 5) is 12.1. The van der Waals surface area contributed by atoms with Crippen molar-refractivity contribution in [2.24, 2.45) is 5.92 Å². The highest BCUT2D eigenvalue weighted by Crippen LogP contribution is 2.37. The first-order valence-corrected chi connectivity index (χ1v) is 14.3. The fourth-order valence-electron chi connectivity index (χ4n) is 4.35. The van der Waals surface area contributed by atoms with Gasteiger partial charge in [-0.25, -0.2) is 0 Å². The highest BCUT2D eigenvalue weighted by Gasteiger charge is 2.50. The predicted octanol–water partition coefficient (Wildman–Crippen LogP) is 5.09. The van der Waals surface area contributed by atoms with E-state index in [0.717, 1.165) is 12.8 Å². The third kappa shape index (κ3) is 7.87. The van der Waals surface area contributed by atoms with Gasteiger partial charge < -0.3 is 18.6 Å². The SMILES string of the molecule is C=C[C@@H](CC(=O)OC)[C@@H](CO[Si](c1ccccc1)(c1ccccc1)C(C)(C)C)OCOCCCC. The van der Waals surface area contributed by atoms with Crippen LogP contribution in [0, 0.1) is 5.92 Å². The maximum Gasteiger partial charge on any atom is 0.306 e. The molecule has 0 spiro atoms. The Morgan fingerprint density at radius 2 is 1.60 bits per heavy atom. The van der Waals surface area contributed by atoms with Gasteiger partial charge in [0.15, 0.2) is 0 Å². The molecule has 35 heavy (non-hydrogen) atoms. The van der Waals surface area contributed by atoms with Gasteiger partial charge in [-0.05, 0) is 21.8 Å². The summed E-state index contributed by atoms with van der Waals surface area (Å²) in [6.07, 6.45) is 3.54. The minimum Gasteiger partial charge on any atom is -0.469 e. The van der Waals surface area contributed by atoms with Crippen molar-refractivity contribution < 1.29 is 23.4 Å². The molecule has 0 unspecified atom stereocenters. The van der Waals surface area contributed by atoms with Crippen LogP contribution in [0.1, 0.15) is 47.0 Å². The largest absolute Gasteiger partial charge is 0.469 e. The summed E-state index contributed by atoms with van der Waals surface area (Å²) in [6.45, 7) is 13.9. The first-order chi connectivity index (χ1) is 16.8. The number of carbonyl (C=O) groups is 1. The van der Waals surface area contributed by atoms with Gasteiger partial charge in [-0.2, -0.15) is 0 Å². The summed E-state index contributed by atoms with van der Waals surface area (Å²) in [5, 5.41) is 2.23. The van der Waals surface area contributed by atoms with Gasteiger partial charge in [0.1, 0.15) is 6.79 Å². The number of hydrogen-bond acceptors (Lipinski definition) is 5. The summed E-state index contributed by atoms with van der Waals surface area (Å²) in [5.41, 5.74) is 0. The number of methoxy groups -OCH3 is 1. The molecular formula is C29H42O5Si. The highest BCUT2D eigenvalue weighted by atomic mass is 28.4. The lowest BCUT2D eigenvalue weighted by Gasteiger charge is -2.44. The Morgan fingerprint density at radius 1 is 1.03 bits per heavy atom. The Bertz CT molecular complexity index is 839. The lowest BCUT2D eigenvalue weighted by molar-refractivity contribution is -0.146. The molecule has 0 aliphatic heterocycles. The zero-order valence-electron chi connectivity index (χ0n) is 22.0. The molecule has 192 valence electrons. The van der Waals surface area contributed by atoms with Crippen molar-refractivity contribution in [3.63, 3.8) is 0 Å². The zero-order chi connectivity index (χ0) is 25.7. The number of ether oxygens (including phenoxy) is 3. The Labute approximate surface area is 212 Å². The predicted molar refractivity (Wildman–Crippen MR) is 144 cm³/mol. The van der Waals surface area contributed by atoms with E-state index in [9.17, 15) is 4.79 Å². The second-order valence-corrected chi connectivity index (χ2v) is 14.0. The molecule has 2 aromatic rings. The Balaban J connectivity index is 2.42. The van der Waals surface area contributed by atoms with Crippen LogP contribution in [-0.4, -0.2) is 47.5 Å². The normalized spacial score (nSPS) is 13.7. The van der Waals surface area contributed by atoms with Crippen LogP contribution in [0.25, 0.3) is 0 Å². The quantitative estimate of drug-likeness (QED) is 0.113. The molecule has 0 radical (unpaired) electrons. The fourth-order valence-corrected chi connectivity index (χ4v) is 8.92. The molecule has 0 saturated carbocycles. The van der Waals surface area contributed by atoms with E-state index in [1.165, 1.54) is 17.5 Å². The molecule has 2 rings (SSSR count). The van der Waals surface area contributed by atoms with Crippen LogP contribution in [0.3, 0.4) is 0 Å². The Kier molecular flexibility index (Phi) is 11.9. The maximum atomic E-state index is 12.1. The number of unbranched alkanes of at least 4 members (excludes halogenated alkanes) is 1. The minimum absolute atomic E-state index is 0.139. The number of rotatable bonds is 15. The van der Waals surface area contributed by atoms with E-state index in [2.05, 4.69) is 82.8 Å². The monoisotopic (exact) mass is 498 g/mol. The smallest absolute Gasteiger partial charge is 0.306 e. The van der Waals surface area contributed by atoms with Gasteiger partial charge >= 0.3 is 5.97 Å². The molecule has 0 aromatic heterocycles. The second kappa shape index (κ2) is 14.3. The average molecular weight is 499 g/mol. The van der Waals surface area contributed by atoms with Gasteiger partial charge in [0, 0.05) is 12.5 Å². The van der Waals surface area contributed by atoms with Crippen LogP contribution >= 0.6 is 0 Å². The van der Waals surface area contributed by atoms with Crippen molar-refractivity contribution in [1.82, 2.24) is 0 Å². The number of hydrogen-bond donors (Lipinski definition) is 0. The molecule has 0 bridgehead atoms. The van der Waals surface area contributed by atoms with Gasteiger partial charge in [-0.1, -0.05) is 101 Å². The van der Waals surface area contributed by atoms with Crippen LogP contribution in [0.2, 0.25) is 5.04 Å². The van der Waals surface area contributed by atoms with E-state index < -0.39 is 14.4 Å². The molecule has 2 atom stereocenters. The second-order valence-electron chi connectivity index (χ2n) is 9.74. The summed E-state index contributed by atoms with van der Waals surface area (Å²) < 4.78 is 23.8. The van der Waals surface area contributed by atoms with Crippen LogP contribution in [0.15, 0.2) is 73.3 Å². The van der Waals surface area contributed by atoms with Crippen molar-refractivity contribution >= 4 is 24.7 Å². The van der Waals surface area contributed by atoms with Crippen LogP contribution in [0.4, 0.5) is 0 Å². The average Bonchev–Trinajstić information content (AvgIpc) is 2.86. The Morgan fingerprint density at radius 3 is 2.06 bits per heavy atom. The van der Waals surface area contributed by atoms with Crippen LogP contribution in [-0.2, 0) is 23.4 Å². The number of esters is 1. The molecule has 0 saturated heterocycles. The first-order valence-electron chi connectivity index (χ1n) is 12.4. The van der Waals surface area contributed by atoms with Crippen molar-refractivity contribution in [2.75, 3.05) is 27.1 Å². The summed E-state index contributed by atoms with van der Waals surface area (Å²) in [5.74, 6) is -0.573. The minimum atomic E-state index is -2.75. The van der Waals surface area contributed by atoms with Crippen molar-refractivity contribution in [1.29, 1.82) is 0 Å². The Hall–Kier alpha value is -2.25. The van der Waals surface area contributed by atoms with Crippen LogP contribution in [0.5, 0.6) is 0 Å².